The fourth-order valence-electron chi connectivity index (χ4n) is 2.72. The van der Waals surface area contributed by atoms with Crippen molar-refractivity contribution in [1.29, 1.82) is 5.26 Å². The molecule has 0 saturated carbocycles. The molecule has 2 heterocycles. The second-order valence-corrected chi connectivity index (χ2v) is 5.09. The average Bonchev–Trinajstić information content (AvgIpc) is 3.11. The van der Waals surface area contributed by atoms with E-state index < -0.39 is 0 Å². The van der Waals surface area contributed by atoms with Crippen molar-refractivity contribution in [1.82, 2.24) is 14.3 Å². The van der Waals surface area contributed by atoms with Gasteiger partial charge in [0.2, 0.25) is 0 Å². The number of nitriles is 1. The molecule has 2 aromatic heterocycles. The highest BCUT2D eigenvalue weighted by molar-refractivity contribution is 5.86. The van der Waals surface area contributed by atoms with E-state index in [0.29, 0.717) is 0 Å². The molecule has 3 rings (SSSR count). The number of nitrogens with zero attached hydrogens (tertiary/aromatic N) is 4. The lowest BCUT2D eigenvalue weighted by atomic mass is 10.1. The van der Waals surface area contributed by atoms with Gasteiger partial charge in [0.05, 0.1) is 29.6 Å². The van der Waals surface area contributed by atoms with Gasteiger partial charge in [-0.1, -0.05) is 13.0 Å². The van der Waals surface area contributed by atoms with Gasteiger partial charge in [0.1, 0.15) is 0 Å². The maximum Gasteiger partial charge on any atom is 0.0998 e. The molecule has 0 unspecified atom stereocenters. The minimum absolute atomic E-state index is 0.726. The molecule has 1 aromatic carbocycles. The van der Waals surface area contributed by atoms with Crippen molar-refractivity contribution < 1.29 is 0 Å². The molecule has 21 heavy (non-hydrogen) atoms. The number of aryl methyl sites for hydroxylation is 2. The average molecular weight is 278 g/mol. The monoisotopic (exact) mass is 278 g/mol. The predicted octanol–water partition coefficient (Wildman–Crippen LogP) is 3.34. The fraction of sp³-hybridized carbons (Fsp3) is 0.294. The quantitative estimate of drug-likeness (QED) is 0.734. The van der Waals surface area contributed by atoms with Gasteiger partial charge in [0, 0.05) is 23.6 Å². The first-order chi connectivity index (χ1) is 10.3. The molecule has 0 radical (unpaired) electrons. The summed E-state index contributed by atoms with van der Waals surface area (Å²) in [6.07, 6.45) is 3.00. The van der Waals surface area contributed by atoms with E-state index >= 15 is 0 Å². The van der Waals surface area contributed by atoms with E-state index in [-0.39, 0.29) is 0 Å². The Kier molecular flexibility index (Phi) is 3.49. The van der Waals surface area contributed by atoms with E-state index in [0.717, 1.165) is 41.7 Å². The first-order valence-corrected chi connectivity index (χ1v) is 7.30. The summed E-state index contributed by atoms with van der Waals surface area (Å²) in [5, 5.41) is 14.8. The lowest BCUT2D eigenvalue weighted by molar-refractivity contribution is 0.599. The van der Waals surface area contributed by atoms with Gasteiger partial charge in [-0.15, -0.1) is 0 Å². The van der Waals surface area contributed by atoms with Crippen molar-refractivity contribution in [3.63, 3.8) is 0 Å². The summed E-state index contributed by atoms with van der Waals surface area (Å²) < 4.78 is 4.23. The molecule has 0 amide bonds. The first kappa shape index (κ1) is 13.4. The Morgan fingerprint density at radius 2 is 2.10 bits per heavy atom. The molecule has 3 aromatic rings. The molecule has 0 saturated heterocycles. The van der Waals surface area contributed by atoms with Crippen LogP contribution in [0, 0.1) is 11.3 Å². The fourth-order valence-corrected chi connectivity index (χ4v) is 2.72. The highest BCUT2D eigenvalue weighted by Gasteiger charge is 2.09. The SMILES string of the molecule is CCc1cc(Cn2ccc3c(C#N)cccc32)n(CC)n1. The van der Waals surface area contributed by atoms with Crippen LogP contribution in [0.2, 0.25) is 0 Å². The van der Waals surface area contributed by atoms with Gasteiger partial charge < -0.3 is 4.57 Å². The smallest absolute Gasteiger partial charge is 0.0998 e. The van der Waals surface area contributed by atoms with Crippen LogP contribution in [0.1, 0.15) is 30.8 Å². The van der Waals surface area contributed by atoms with Crippen LogP contribution in [0.15, 0.2) is 36.5 Å². The number of fused-ring (bicyclic) bond motifs is 1. The van der Waals surface area contributed by atoms with Gasteiger partial charge in [0.25, 0.3) is 0 Å². The molecule has 0 fully saturated rings. The van der Waals surface area contributed by atoms with E-state index in [2.05, 4.69) is 46.4 Å². The Hall–Kier alpha value is -2.54. The van der Waals surface area contributed by atoms with Crippen LogP contribution in [0.3, 0.4) is 0 Å². The van der Waals surface area contributed by atoms with Crippen LogP contribution in [0.5, 0.6) is 0 Å². The molecule has 0 aliphatic rings. The minimum Gasteiger partial charge on any atom is -0.341 e. The molecule has 106 valence electrons. The summed E-state index contributed by atoms with van der Waals surface area (Å²) in [6, 6.07) is 12.3. The van der Waals surface area contributed by atoms with Crippen LogP contribution in [-0.2, 0) is 19.5 Å². The van der Waals surface area contributed by atoms with E-state index in [1.54, 1.807) is 0 Å². The lowest BCUT2D eigenvalue weighted by Gasteiger charge is -2.07. The maximum atomic E-state index is 9.18. The molecule has 4 heteroatoms. The zero-order valence-electron chi connectivity index (χ0n) is 12.4. The van der Waals surface area contributed by atoms with Gasteiger partial charge >= 0.3 is 0 Å². The number of benzene rings is 1. The third-order valence-electron chi connectivity index (χ3n) is 3.84. The van der Waals surface area contributed by atoms with Crippen molar-refractivity contribution in [3.05, 3.63) is 53.5 Å². The molecule has 0 aliphatic heterocycles. The Labute approximate surface area is 124 Å². The highest BCUT2D eigenvalue weighted by Crippen LogP contribution is 2.21. The number of rotatable bonds is 4. The zero-order chi connectivity index (χ0) is 14.8. The van der Waals surface area contributed by atoms with Crippen molar-refractivity contribution in [2.45, 2.75) is 33.4 Å². The standard InChI is InChI=1S/C17H18N4/c1-3-14-10-15(21(4-2)19-14)12-20-9-8-16-13(11-18)6-5-7-17(16)20/h5-10H,3-4,12H2,1-2H3. The van der Waals surface area contributed by atoms with Gasteiger partial charge in [-0.05, 0) is 37.6 Å². The topological polar surface area (TPSA) is 46.5 Å². The highest BCUT2D eigenvalue weighted by atomic mass is 15.3. The van der Waals surface area contributed by atoms with Crippen molar-refractivity contribution in [2.75, 3.05) is 0 Å². The normalized spacial score (nSPS) is 10.9. The van der Waals surface area contributed by atoms with Crippen LogP contribution < -0.4 is 0 Å². The van der Waals surface area contributed by atoms with Crippen LogP contribution in [-0.4, -0.2) is 14.3 Å². The van der Waals surface area contributed by atoms with Gasteiger partial charge in [-0.25, -0.2) is 0 Å². The van der Waals surface area contributed by atoms with Crippen molar-refractivity contribution >= 4 is 10.9 Å². The summed E-state index contributed by atoms with van der Waals surface area (Å²) in [5.74, 6) is 0. The summed E-state index contributed by atoms with van der Waals surface area (Å²) in [4.78, 5) is 0. The van der Waals surface area contributed by atoms with E-state index in [1.165, 1.54) is 5.69 Å². The van der Waals surface area contributed by atoms with Crippen LogP contribution in [0.25, 0.3) is 10.9 Å². The minimum atomic E-state index is 0.726. The lowest BCUT2D eigenvalue weighted by Crippen LogP contribution is -2.07. The Morgan fingerprint density at radius 1 is 1.24 bits per heavy atom. The first-order valence-electron chi connectivity index (χ1n) is 7.30. The third-order valence-corrected chi connectivity index (χ3v) is 3.84. The summed E-state index contributed by atoms with van der Waals surface area (Å²) in [6.45, 7) is 5.88. The van der Waals surface area contributed by atoms with Gasteiger partial charge in [-0.2, -0.15) is 10.4 Å². The molecule has 0 atom stereocenters. The van der Waals surface area contributed by atoms with E-state index in [9.17, 15) is 5.26 Å². The molecule has 4 nitrogen and oxygen atoms in total. The second-order valence-electron chi connectivity index (χ2n) is 5.09. The van der Waals surface area contributed by atoms with Crippen LogP contribution in [0.4, 0.5) is 0 Å². The number of hydrogen-bond acceptors (Lipinski definition) is 2. The van der Waals surface area contributed by atoms with Gasteiger partial charge in [0.15, 0.2) is 0 Å². The maximum absolute atomic E-state index is 9.18. The number of hydrogen-bond donors (Lipinski definition) is 0. The predicted molar refractivity (Wildman–Crippen MR) is 83.0 cm³/mol. The Bertz CT molecular complexity index is 817. The number of aromatic nitrogens is 3. The van der Waals surface area contributed by atoms with Crippen LogP contribution >= 0.6 is 0 Å². The summed E-state index contributed by atoms with van der Waals surface area (Å²) >= 11 is 0. The molecular formula is C17H18N4. The molecule has 0 aliphatic carbocycles. The van der Waals surface area contributed by atoms with Crippen molar-refractivity contribution in [3.8, 4) is 6.07 Å². The van der Waals surface area contributed by atoms with Crippen molar-refractivity contribution in [2.24, 2.45) is 0 Å². The van der Waals surface area contributed by atoms with E-state index in [4.69, 9.17) is 0 Å². The molecule has 0 bridgehead atoms. The molecular weight excluding hydrogens is 260 g/mol. The molecule has 0 N–H and O–H groups in total. The summed E-state index contributed by atoms with van der Waals surface area (Å²) in [7, 11) is 0. The zero-order valence-corrected chi connectivity index (χ0v) is 12.4. The van der Waals surface area contributed by atoms with E-state index in [1.807, 2.05) is 24.4 Å². The van der Waals surface area contributed by atoms with Gasteiger partial charge in [-0.3, -0.25) is 4.68 Å². The second kappa shape index (κ2) is 5.45. The third kappa shape index (κ3) is 2.31. The largest absolute Gasteiger partial charge is 0.341 e. The Morgan fingerprint density at radius 3 is 2.81 bits per heavy atom. The molecule has 0 spiro atoms. The Balaban J connectivity index is 2.03. The summed E-state index contributed by atoms with van der Waals surface area (Å²) in [5.41, 5.74) is 4.15.